The van der Waals surface area contributed by atoms with Crippen LogP contribution in [0.2, 0.25) is 18.1 Å². The molecule has 0 spiro atoms. The molecule has 306 valence electrons. The number of hydrogen-bond acceptors (Lipinski definition) is 13. The first-order chi connectivity index (χ1) is 25.0. The molecule has 0 radical (unpaired) electrons. The highest BCUT2D eigenvalue weighted by Gasteiger charge is 2.47. The largest absolute Gasteiger partial charge is 0.496 e. The minimum Gasteiger partial charge on any atom is -0.496 e. The molecule has 2 rings (SSSR count). The number of rotatable bonds is 19. The van der Waals surface area contributed by atoms with Crippen LogP contribution in [0.25, 0.3) is 0 Å². The van der Waals surface area contributed by atoms with Crippen molar-refractivity contribution in [2.75, 3.05) is 54.9 Å². The fourth-order valence-corrected chi connectivity index (χ4v) is 9.22. The van der Waals surface area contributed by atoms with Gasteiger partial charge in [-0.3, -0.25) is 29.4 Å². The zero-order valence-electron chi connectivity index (χ0n) is 34.5. The van der Waals surface area contributed by atoms with Crippen LogP contribution in [0.5, 0.6) is 11.5 Å². The number of nitrogens with zero attached hydrogens (tertiary/aromatic N) is 3. The summed E-state index contributed by atoms with van der Waals surface area (Å²) in [6.45, 7) is 18.2. The Morgan fingerprint density at radius 2 is 1.70 bits per heavy atom. The van der Waals surface area contributed by atoms with Crippen LogP contribution in [0, 0.1) is 33.8 Å². The summed E-state index contributed by atoms with van der Waals surface area (Å²) in [6.07, 6.45) is -2.07. The molecule has 1 N–H and O–H groups in total. The molecule has 54 heavy (non-hydrogen) atoms. The van der Waals surface area contributed by atoms with Crippen LogP contribution >= 0.6 is 24.0 Å². The van der Waals surface area contributed by atoms with E-state index in [4.69, 9.17) is 40.4 Å². The van der Waals surface area contributed by atoms with Gasteiger partial charge in [-0.1, -0.05) is 71.6 Å². The molecular weight excluding hydrogens is 755 g/mol. The van der Waals surface area contributed by atoms with E-state index in [0.29, 0.717) is 16.6 Å². The van der Waals surface area contributed by atoms with E-state index in [1.165, 1.54) is 63.3 Å². The standard InChI is InChI=1S/C37H61N3O11S2Si/c1-21(30(24(4)34(42)38(8)50-13)51-54(14,15)37(5,6)7)18-22(2)31(47-10)29(41)28(35(43)39-16-17-53-36(39)52)23(3)32(48-11)26-19-25(46-9)20-27(40(44)45)33(26)49-12/h18-20,22-24,28-32,41H,16-17H2,1-15H3/b21-18+/t22-,23-,24+,28?,29?,30-,31+,32+/m0/s1. The van der Waals surface area contributed by atoms with Crippen molar-refractivity contribution in [1.82, 2.24) is 9.96 Å². The van der Waals surface area contributed by atoms with Crippen LogP contribution in [0.4, 0.5) is 5.69 Å². The van der Waals surface area contributed by atoms with Crippen molar-refractivity contribution >= 4 is 54.1 Å². The molecule has 2 unspecified atom stereocenters. The summed E-state index contributed by atoms with van der Waals surface area (Å²) in [5.41, 5.74) is 0.678. The van der Waals surface area contributed by atoms with Gasteiger partial charge in [0.05, 0.1) is 68.6 Å². The second-order valence-corrected chi connectivity index (χ2v) is 21.7. The lowest BCUT2D eigenvalue weighted by molar-refractivity contribution is -0.385. The summed E-state index contributed by atoms with van der Waals surface area (Å²) in [4.78, 5) is 46.1. The number of amides is 2. The zero-order chi connectivity index (χ0) is 41.5. The van der Waals surface area contributed by atoms with Crippen LogP contribution in [-0.2, 0) is 28.3 Å². The van der Waals surface area contributed by atoms with E-state index in [-0.39, 0.29) is 33.7 Å². The quantitative estimate of drug-likeness (QED) is 0.0537. The zero-order valence-corrected chi connectivity index (χ0v) is 37.1. The molecule has 0 saturated carbocycles. The number of aliphatic hydroxyl groups excluding tert-OH is 1. The molecule has 8 atom stereocenters. The SMILES string of the molecule is COc1cc([C@H](OC)[C@@H](C)C(C(=O)N2CCSC2=S)C(O)[C@H](OC)[C@@H](C)/C=C(\C)[C@H](O[Si](C)(C)C(C)(C)C)[C@@H](C)C(=O)N(C)OC)c(OC)c([N+](=O)[O-])c1. The second-order valence-electron chi connectivity index (χ2n) is 15.2. The maximum absolute atomic E-state index is 14.5. The van der Waals surface area contributed by atoms with Gasteiger partial charge in [-0.2, -0.15) is 0 Å². The number of carbonyl (C=O) groups excluding carboxylic acids is 2. The van der Waals surface area contributed by atoms with E-state index in [0.717, 1.165) is 5.57 Å². The summed E-state index contributed by atoms with van der Waals surface area (Å²) in [7, 11) is 6.15. The molecule has 0 bridgehead atoms. The average Bonchev–Trinajstić information content (AvgIpc) is 3.54. The third-order valence-electron chi connectivity index (χ3n) is 10.7. The third-order valence-corrected chi connectivity index (χ3v) is 16.6. The van der Waals surface area contributed by atoms with Crippen LogP contribution in [0.3, 0.4) is 0 Å². The average molecular weight is 816 g/mol. The smallest absolute Gasteiger partial charge is 0.315 e. The minimum absolute atomic E-state index is 0.0572. The second kappa shape index (κ2) is 20.0. The molecule has 0 aromatic heterocycles. The maximum atomic E-state index is 14.5. The van der Waals surface area contributed by atoms with Crippen molar-refractivity contribution in [1.29, 1.82) is 0 Å². The van der Waals surface area contributed by atoms with Gasteiger partial charge < -0.3 is 28.5 Å². The summed E-state index contributed by atoms with van der Waals surface area (Å²) in [5.74, 6) is -3.06. The Morgan fingerprint density at radius 3 is 2.15 bits per heavy atom. The predicted octanol–water partition coefficient (Wildman–Crippen LogP) is 6.42. The fourth-order valence-electron chi connectivity index (χ4n) is 6.63. The van der Waals surface area contributed by atoms with Gasteiger partial charge in [0.15, 0.2) is 8.32 Å². The number of carbonyl (C=O) groups is 2. The fraction of sp³-hybridized carbons (Fsp3) is 0.703. The number of benzene rings is 1. The third kappa shape index (κ3) is 10.8. The molecular formula is C37H61N3O11S2Si. The number of thioether (sulfide) groups is 1. The van der Waals surface area contributed by atoms with E-state index >= 15 is 0 Å². The minimum atomic E-state index is -2.41. The number of thiocarbonyl (C=S) groups is 1. The predicted molar refractivity (Wildman–Crippen MR) is 216 cm³/mol. The van der Waals surface area contributed by atoms with Crippen molar-refractivity contribution in [2.24, 2.45) is 23.7 Å². The lowest BCUT2D eigenvalue weighted by Gasteiger charge is -2.42. The number of aliphatic hydroxyl groups is 1. The van der Waals surface area contributed by atoms with E-state index in [9.17, 15) is 24.8 Å². The Labute approximate surface area is 331 Å². The highest BCUT2D eigenvalue weighted by Crippen LogP contribution is 2.45. The number of hydrogen-bond donors (Lipinski definition) is 1. The van der Waals surface area contributed by atoms with Gasteiger partial charge in [-0.05, 0) is 36.7 Å². The molecule has 1 aromatic rings. The van der Waals surface area contributed by atoms with E-state index < -0.39 is 67.2 Å². The molecule has 1 aliphatic heterocycles. The Hall–Kier alpha value is -2.64. The molecule has 2 amide bonds. The van der Waals surface area contributed by atoms with Gasteiger partial charge in [-0.15, -0.1) is 0 Å². The summed E-state index contributed by atoms with van der Waals surface area (Å²) in [5, 5.41) is 25.5. The molecule has 1 aliphatic rings. The van der Waals surface area contributed by atoms with Gasteiger partial charge >= 0.3 is 5.69 Å². The van der Waals surface area contributed by atoms with E-state index in [1.807, 2.05) is 19.9 Å². The number of hydroxylamine groups is 2. The first-order valence-electron chi connectivity index (χ1n) is 17.8. The Balaban J connectivity index is 2.74. The van der Waals surface area contributed by atoms with E-state index in [2.05, 4.69) is 33.9 Å². The van der Waals surface area contributed by atoms with Crippen molar-refractivity contribution in [3.05, 3.63) is 39.5 Å². The van der Waals surface area contributed by atoms with Crippen molar-refractivity contribution in [2.45, 2.75) is 91.0 Å². The number of nitro benzene ring substituents is 1. The van der Waals surface area contributed by atoms with Gasteiger partial charge in [0.2, 0.25) is 11.7 Å². The summed E-state index contributed by atoms with van der Waals surface area (Å²) < 4.78 is 30.2. The van der Waals surface area contributed by atoms with Gasteiger partial charge in [0, 0.05) is 51.0 Å². The highest BCUT2D eigenvalue weighted by molar-refractivity contribution is 8.23. The van der Waals surface area contributed by atoms with E-state index in [1.54, 1.807) is 27.0 Å². The molecule has 14 nitrogen and oxygen atoms in total. The maximum Gasteiger partial charge on any atom is 0.315 e. The molecule has 0 aliphatic carbocycles. The first-order valence-corrected chi connectivity index (χ1v) is 22.1. The van der Waals surface area contributed by atoms with Crippen molar-refractivity contribution < 1.29 is 47.8 Å². The summed E-state index contributed by atoms with van der Waals surface area (Å²) >= 11 is 6.91. The van der Waals surface area contributed by atoms with Crippen LogP contribution in [0.1, 0.15) is 60.1 Å². The molecule has 1 fully saturated rings. The molecule has 1 heterocycles. The molecule has 17 heteroatoms. The van der Waals surface area contributed by atoms with Crippen LogP contribution in [0.15, 0.2) is 23.8 Å². The van der Waals surface area contributed by atoms with Crippen LogP contribution < -0.4 is 9.47 Å². The lowest BCUT2D eigenvalue weighted by Crippen LogP contribution is -2.51. The number of nitro groups is 1. The number of ether oxygens (including phenoxy) is 4. The topological polar surface area (TPSA) is 159 Å². The first kappa shape index (κ1) is 47.5. The van der Waals surface area contributed by atoms with Gasteiger partial charge in [0.25, 0.3) is 5.91 Å². The van der Waals surface area contributed by atoms with Gasteiger partial charge in [-0.25, -0.2) is 5.06 Å². The van der Waals surface area contributed by atoms with Gasteiger partial charge in [0.1, 0.15) is 10.1 Å². The van der Waals surface area contributed by atoms with Crippen molar-refractivity contribution in [3.63, 3.8) is 0 Å². The normalized spacial score (nSPS) is 18.6. The summed E-state index contributed by atoms with van der Waals surface area (Å²) in [6, 6.07) is 2.81. The highest BCUT2D eigenvalue weighted by atomic mass is 32.2. The Bertz CT molecular complexity index is 1520. The Morgan fingerprint density at radius 1 is 1.09 bits per heavy atom. The Kier molecular flexibility index (Phi) is 17.6. The number of methoxy groups -OCH3 is 4. The van der Waals surface area contributed by atoms with Crippen molar-refractivity contribution in [3.8, 4) is 11.5 Å². The van der Waals surface area contributed by atoms with Crippen LogP contribution in [-0.4, -0.2) is 118 Å². The monoisotopic (exact) mass is 815 g/mol. The lowest BCUT2D eigenvalue weighted by atomic mass is 9.77. The molecule has 1 aromatic carbocycles. The molecule has 1 saturated heterocycles.